The smallest absolute Gasteiger partial charge is 0.258 e. The van der Waals surface area contributed by atoms with Gasteiger partial charge >= 0.3 is 0 Å². The molecule has 0 aliphatic carbocycles. The largest absolute Gasteiger partial charge is 0.273 e. The molecule has 19 heavy (non-hydrogen) atoms. The Kier molecular flexibility index (Phi) is 3.04. The van der Waals surface area contributed by atoms with Crippen molar-refractivity contribution in [2.75, 3.05) is 0 Å². The van der Waals surface area contributed by atoms with Gasteiger partial charge in [-0.2, -0.15) is 10.1 Å². The van der Waals surface area contributed by atoms with Gasteiger partial charge in [-0.3, -0.25) is 10.1 Å². The van der Waals surface area contributed by atoms with Gasteiger partial charge in [0, 0.05) is 17.7 Å². The summed E-state index contributed by atoms with van der Waals surface area (Å²) in [5.41, 5.74) is 0.834. The summed E-state index contributed by atoms with van der Waals surface area (Å²) >= 11 is 0. The van der Waals surface area contributed by atoms with Crippen LogP contribution >= 0.6 is 0 Å². The van der Waals surface area contributed by atoms with Crippen molar-refractivity contribution in [2.45, 2.75) is 12.1 Å². The van der Waals surface area contributed by atoms with Gasteiger partial charge in [0.25, 0.3) is 20.9 Å². The number of nitrogens with zero attached hydrogens (tertiary/aromatic N) is 3. The van der Waals surface area contributed by atoms with E-state index in [-0.39, 0.29) is 11.5 Å². The lowest BCUT2D eigenvalue weighted by atomic mass is 10.1. The SMILES string of the molecule is Cc1cc(-c2n[nH]c(S(N)(=O)=O)n2)cc([N+](=O)[O-])c1. The molecule has 0 spiro atoms. The van der Waals surface area contributed by atoms with Crippen molar-refractivity contribution in [1.82, 2.24) is 15.2 Å². The van der Waals surface area contributed by atoms with Gasteiger partial charge in [0.2, 0.25) is 0 Å². The summed E-state index contributed by atoms with van der Waals surface area (Å²) in [6.45, 7) is 1.67. The lowest BCUT2D eigenvalue weighted by Crippen LogP contribution is -2.13. The van der Waals surface area contributed by atoms with Gasteiger partial charge in [0.15, 0.2) is 5.82 Å². The third-order valence-corrected chi connectivity index (χ3v) is 2.99. The average molecular weight is 283 g/mol. The number of nitro benzene ring substituents is 1. The van der Waals surface area contributed by atoms with Gasteiger partial charge in [-0.1, -0.05) is 0 Å². The Morgan fingerprint density at radius 3 is 2.58 bits per heavy atom. The first-order valence-electron chi connectivity index (χ1n) is 4.99. The molecule has 0 aliphatic heterocycles. The predicted molar refractivity (Wildman–Crippen MR) is 64.6 cm³/mol. The lowest BCUT2D eigenvalue weighted by Gasteiger charge is -1.98. The molecule has 1 aromatic carbocycles. The van der Waals surface area contributed by atoms with Crippen LogP contribution in [0.5, 0.6) is 0 Å². The van der Waals surface area contributed by atoms with Crippen LogP contribution in [0.3, 0.4) is 0 Å². The van der Waals surface area contributed by atoms with Crippen LogP contribution < -0.4 is 5.14 Å². The Balaban J connectivity index is 2.53. The molecule has 2 aromatic rings. The van der Waals surface area contributed by atoms with Crippen LogP contribution in [-0.4, -0.2) is 28.5 Å². The second kappa shape index (κ2) is 4.40. The van der Waals surface area contributed by atoms with Crippen molar-refractivity contribution in [3.05, 3.63) is 33.9 Å². The minimum atomic E-state index is -3.99. The van der Waals surface area contributed by atoms with Crippen LogP contribution in [0.4, 0.5) is 5.69 Å². The molecule has 0 fully saturated rings. The number of aromatic amines is 1. The Labute approximate surface area is 107 Å². The lowest BCUT2D eigenvalue weighted by molar-refractivity contribution is -0.384. The predicted octanol–water partition coefficient (Wildman–Crippen LogP) is 0.336. The molecule has 10 heteroatoms. The van der Waals surface area contributed by atoms with E-state index in [1.165, 1.54) is 12.1 Å². The highest BCUT2D eigenvalue weighted by molar-refractivity contribution is 7.89. The third kappa shape index (κ3) is 2.74. The van der Waals surface area contributed by atoms with Crippen LogP contribution in [-0.2, 0) is 10.0 Å². The van der Waals surface area contributed by atoms with Crippen molar-refractivity contribution in [2.24, 2.45) is 5.14 Å². The van der Waals surface area contributed by atoms with E-state index in [0.29, 0.717) is 11.1 Å². The third-order valence-electron chi connectivity index (χ3n) is 2.27. The number of nitro groups is 1. The quantitative estimate of drug-likeness (QED) is 0.613. The van der Waals surface area contributed by atoms with Crippen LogP contribution in [0.15, 0.2) is 23.4 Å². The van der Waals surface area contributed by atoms with Gasteiger partial charge in [-0.05, 0) is 18.6 Å². The van der Waals surface area contributed by atoms with Gasteiger partial charge in [-0.15, -0.1) is 0 Å². The summed E-state index contributed by atoms with van der Waals surface area (Å²) in [5, 5.41) is 21.0. The topological polar surface area (TPSA) is 145 Å². The molecule has 0 atom stereocenters. The fraction of sp³-hybridized carbons (Fsp3) is 0.111. The number of aromatic nitrogens is 3. The Hall–Kier alpha value is -2.33. The van der Waals surface area contributed by atoms with Crippen LogP contribution in [0.1, 0.15) is 5.56 Å². The minimum absolute atomic E-state index is 0.0239. The van der Waals surface area contributed by atoms with Crippen molar-refractivity contribution in [3.63, 3.8) is 0 Å². The molecule has 0 amide bonds. The van der Waals surface area contributed by atoms with Gasteiger partial charge in [0.05, 0.1) is 4.92 Å². The van der Waals surface area contributed by atoms with E-state index in [1.807, 2.05) is 0 Å². The fourth-order valence-corrected chi connectivity index (χ4v) is 1.89. The molecule has 0 aliphatic rings. The Morgan fingerprint density at radius 1 is 1.37 bits per heavy atom. The molecule has 9 nitrogen and oxygen atoms in total. The summed E-state index contributed by atoms with van der Waals surface area (Å²) in [7, 11) is -3.99. The number of nitrogens with one attached hydrogen (secondary N) is 1. The summed E-state index contributed by atoms with van der Waals surface area (Å²) in [4.78, 5) is 13.9. The first kappa shape index (κ1) is 13.1. The highest BCUT2D eigenvalue weighted by Crippen LogP contribution is 2.23. The molecular formula is C9H9N5O4S. The molecule has 0 saturated carbocycles. The van der Waals surface area contributed by atoms with E-state index in [9.17, 15) is 18.5 Å². The van der Waals surface area contributed by atoms with Gasteiger partial charge in [0.1, 0.15) is 0 Å². The summed E-state index contributed by atoms with van der Waals surface area (Å²) < 4.78 is 22.1. The van der Waals surface area contributed by atoms with E-state index >= 15 is 0 Å². The van der Waals surface area contributed by atoms with E-state index in [2.05, 4.69) is 15.2 Å². The zero-order valence-corrected chi connectivity index (χ0v) is 10.5. The Bertz CT molecular complexity index is 752. The Morgan fingerprint density at radius 2 is 2.05 bits per heavy atom. The van der Waals surface area contributed by atoms with Gasteiger partial charge in [-0.25, -0.2) is 18.7 Å². The highest BCUT2D eigenvalue weighted by atomic mass is 32.2. The number of rotatable bonds is 3. The minimum Gasteiger partial charge on any atom is -0.258 e. The van der Waals surface area contributed by atoms with Crippen LogP contribution in [0.25, 0.3) is 11.4 Å². The standard InChI is InChI=1S/C9H9N5O4S/c1-5-2-6(4-7(3-5)14(15)16)8-11-9(13-12-8)19(10,17)18/h2-4H,1H3,(H2,10,17,18)(H,11,12,13). The van der Waals surface area contributed by atoms with E-state index in [4.69, 9.17) is 5.14 Å². The molecule has 1 aromatic heterocycles. The number of aryl methyl sites for hydroxylation is 1. The number of benzene rings is 1. The van der Waals surface area contributed by atoms with Crippen LogP contribution in [0.2, 0.25) is 0 Å². The summed E-state index contributed by atoms with van der Waals surface area (Å²) in [6.07, 6.45) is 0. The second-order valence-electron chi connectivity index (χ2n) is 3.82. The normalized spacial score (nSPS) is 11.5. The molecule has 0 radical (unpaired) electrons. The molecule has 100 valence electrons. The van der Waals surface area contributed by atoms with E-state index < -0.39 is 20.1 Å². The van der Waals surface area contributed by atoms with Gasteiger partial charge < -0.3 is 0 Å². The number of nitrogens with two attached hydrogens (primary N) is 1. The molecule has 0 bridgehead atoms. The van der Waals surface area contributed by atoms with Crippen molar-refractivity contribution < 1.29 is 13.3 Å². The maximum absolute atomic E-state index is 11.1. The van der Waals surface area contributed by atoms with Crippen molar-refractivity contribution in [3.8, 4) is 11.4 Å². The monoisotopic (exact) mass is 283 g/mol. The fourth-order valence-electron chi connectivity index (χ4n) is 1.50. The van der Waals surface area contributed by atoms with Crippen molar-refractivity contribution >= 4 is 15.7 Å². The zero-order chi connectivity index (χ0) is 14.2. The van der Waals surface area contributed by atoms with Crippen molar-refractivity contribution in [1.29, 1.82) is 0 Å². The summed E-state index contributed by atoms with van der Waals surface area (Å²) in [5.74, 6) is 0.0239. The second-order valence-corrected chi connectivity index (χ2v) is 5.30. The van der Waals surface area contributed by atoms with Crippen LogP contribution in [0, 0.1) is 17.0 Å². The highest BCUT2D eigenvalue weighted by Gasteiger charge is 2.17. The number of hydrogen-bond donors (Lipinski definition) is 2. The number of primary sulfonamides is 1. The number of sulfonamides is 1. The molecule has 1 heterocycles. The molecule has 3 N–H and O–H groups in total. The first-order valence-corrected chi connectivity index (χ1v) is 6.53. The molecule has 2 rings (SSSR count). The summed E-state index contributed by atoms with van der Waals surface area (Å²) in [6, 6.07) is 4.24. The molecular weight excluding hydrogens is 274 g/mol. The zero-order valence-electron chi connectivity index (χ0n) is 9.69. The molecule has 0 saturated heterocycles. The molecule has 0 unspecified atom stereocenters. The average Bonchev–Trinajstić information content (AvgIpc) is 2.76. The van der Waals surface area contributed by atoms with E-state index in [0.717, 1.165) is 0 Å². The number of hydrogen-bond acceptors (Lipinski definition) is 6. The first-order chi connectivity index (χ1) is 8.77. The maximum Gasteiger partial charge on any atom is 0.273 e. The number of H-pyrrole nitrogens is 1. The maximum atomic E-state index is 11.1. The number of non-ortho nitro benzene ring substituents is 1. The van der Waals surface area contributed by atoms with E-state index in [1.54, 1.807) is 13.0 Å².